The van der Waals surface area contributed by atoms with E-state index in [-0.39, 0.29) is 18.6 Å². The first-order chi connectivity index (χ1) is 10.2. The highest BCUT2D eigenvalue weighted by molar-refractivity contribution is 7.10. The minimum absolute atomic E-state index is 0.162. The van der Waals surface area contributed by atoms with E-state index in [0.29, 0.717) is 0 Å². The van der Waals surface area contributed by atoms with Crippen molar-refractivity contribution in [3.05, 3.63) is 28.6 Å². The molecule has 1 unspecified atom stereocenters. The van der Waals surface area contributed by atoms with Crippen molar-refractivity contribution in [3.8, 4) is 0 Å². The number of hydrazine groups is 1. The van der Waals surface area contributed by atoms with Gasteiger partial charge in [0.15, 0.2) is 0 Å². The number of allylic oxidation sites excluding steroid dienone is 1. The van der Waals surface area contributed by atoms with Gasteiger partial charge in [0.2, 0.25) is 6.35 Å². The Morgan fingerprint density at radius 2 is 2.19 bits per heavy atom. The molecule has 0 amide bonds. The zero-order valence-corrected chi connectivity index (χ0v) is 12.9. The number of ether oxygens (including phenoxy) is 1. The van der Waals surface area contributed by atoms with Gasteiger partial charge in [-0.3, -0.25) is 5.43 Å². The van der Waals surface area contributed by atoms with Crippen LogP contribution in [0.3, 0.4) is 0 Å². The number of aryl methyl sites for hydroxylation is 1. The van der Waals surface area contributed by atoms with Gasteiger partial charge in [0.25, 0.3) is 0 Å². The van der Waals surface area contributed by atoms with Crippen LogP contribution in [0.5, 0.6) is 0 Å². The van der Waals surface area contributed by atoms with Gasteiger partial charge in [0, 0.05) is 17.3 Å². The molecule has 6 heteroatoms. The maximum atomic E-state index is 9.57. The summed E-state index contributed by atoms with van der Waals surface area (Å²) >= 11 is 1.71. The van der Waals surface area contributed by atoms with E-state index in [2.05, 4.69) is 28.8 Å². The number of hydrogen-bond acceptors (Lipinski definition) is 6. The largest absolute Gasteiger partial charge is 0.393 e. The Hall–Kier alpha value is -1.37. The van der Waals surface area contributed by atoms with Gasteiger partial charge >= 0.3 is 0 Å². The van der Waals surface area contributed by atoms with Crippen molar-refractivity contribution >= 4 is 23.2 Å². The van der Waals surface area contributed by atoms with Gasteiger partial charge in [-0.2, -0.15) is 0 Å². The standard InChI is InChI=1S/C15H21N3O2S/c1-11-14(7-10-21-11)17-18-9-2-8-16-15(18)20-13-5-3-12(19)4-6-13/h2,7-10,12-13,15,17,19H,3-6H2,1H3. The SMILES string of the molecule is Cc1sccc1NN1C=CC=NC1OC1CCC(O)CC1. The van der Waals surface area contributed by atoms with E-state index in [1.165, 1.54) is 4.88 Å². The topological polar surface area (TPSA) is 57.1 Å². The quantitative estimate of drug-likeness (QED) is 0.898. The van der Waals surface area contributed by atoms with E-state index < -0.39 is 0 Å². The third-order valence-electron chi connectivity index (χ3n) is 3.85. The lowest BCUT2D eigenvalue weighted by Gasteiger charge is -2.34. The normalized spacial score (nSPS) is 28.9. The molecule has 2 aliphatic rings. The Bertz CT molecular complexity index is 521. The molecule has 1 aliphatic heterocycles. The van der Waals surface area contributed by atoms with Crippen molar-refractivity contribution in [3.63, 3.8) is 0 Å². The Balaban J connectivity index is 1.61. The summed E-state index contributed by atoms with van der Waals surface area (Å²) in [6, 6.07) is 2.06. The fraction of sp³-hybridized carbons (Fsp3) is 0.533. The highest BCUT2D eigenvalue weighted by Crippen LogP contribution is 2.26. The molecule has 2 heterocycles. The molecule has 1 aromatic rings. The van der Waals surface area contributed by atoms with Crippen LogP contribution in [0.1, 0.15) is 30.6 Å². The predicted molar refractivity (Wildman–Crippen MR) is 85.3 cm³/mol. The lowest BCUT2D eigenvalue weighted by molar-refractivity contribution is -0.0919. The molecule has 0 radical (unpaired) electrons. The summed E-state index contributed by atoms with van der Waals surface area (Å²) in [4.78, 5) is 5.64. The maximum absolute atomic E-state index is 9.57. The van der Waals surface area contributed by atoms with Gasteiger partial charge < -0.3 is 9.84 Å². The Morgan fingerprint density at radius 1 is 1.38 bits per heavy atom. The predicted octanol–water partition coefficient (Wildman–Crippen LogP) is 2.89. The van der Waals surface area contributed by atoms with E-state index in [9.17, 15) is 5.11 Å². The molecule has 1 fully saturated rings. The Labute approximate surface area is 128 Å². The number of rotatable bonds is 4. The van der Waals surface area contributed by atoms with Crippen LogP contribution in [0.15, 0.2) is 28.7 Å². The van der Waals surface area contributed by atoms with Gasteiger partial charge in [0.05, 0.1) is 17.9 Å². The molecule has 3 rings (SSSR count). The monoisotopic (exact) mass is 307 g/mol. The molecule has 5 nitrogen and oxygen atoms in total. The second-order valence-corrected chi connectivity index (χ2v) is 6.56. The fourth-order valence-electron chi connectivity index (χ4n) is 2.59. The lowest BCUT2D eigenvalue weighted by Crippen LogP contribution is -2.41. The van der Waals surface area contributed by atoms with E-state index in [1.807, 2.05) is 17.3 Å². The van der Waals surface area contributed by atoms with Crippen LogP contribution in [0, 0.1) is 6.92 Å². The smallest absolute Gasteiger partial charge is 0.245 e. The Kier molecular flexibility index (Phi) is 4.57. The summed E-state index contributed by atoms with van der Waals surface area (Å²) in [6.07, 6.45) is 8.64. The number of aliphatic imine (C=N–C) groups is 1. The molecular weight excluding hydrogens is 286 g/mol. The zero-order chi connectivity index (χ0) is 14.7. The summed E-state index contributed by atoms with van der Waals surface area (Å²) in [7, 11) is 0. The minimum Gasteiger partial charge on any atom is -0.393 e. The van der Waals surface area contributed by atoms with Crippen LogP contribution in [0.4, 0.5) is 5.69 Å². The number of nitrogens with one attached hydrogen (secondary N) is 1. The summed E-state index contributed by atoms with van der Waals surface area (Å²) < 4.78 is 6.09. The second-order valence-electron chi connectivity index (χ2n) is 5.44. The first kappa shape index (κ1) is 14.6. The molecule has 0 bridgehead atoms. The molecule has 1 saturated carbocycles. The molecule has 1 aliphatic carbocycles. The highest BCUT2D eigenvalue weighted by Gasteiger charge is 2.26. The van der Waals surface area contributed by atoms with Crippen molar-refractivity contribution in [2.45, 2.75) is 51.2 Å². The summed E-state index contributed by atoms with van der Waals surface area (Å²) in [6.45, 7) is 2.09. The molecule has 1 aromatic heterocycles. The number of nitrogens with zero attached hydrogens (tertiary/aromatic N) is 2. The molecule has 2 N–H and O–H groups in total. The van der Waals surface area contributed by atoms with Gasteiger partial charge in [-0.15, -0.1) is 11.3 Å². The second kappa shape index (κ2) is 6.60. The average molecular weight is 307 g/mol. The van der Waals surface area contributed by atoms with Gasteiger partial charge in [-0.1, -0.05) is 0 Å². The summed E-state index contributed by atoms with van der Waals surface area (Å²) in [5.74, 6) is 0. The molecule has 21 heavy (non-hydrogen) atoms. The van der Waals surface area contributed by atoms with Crippen molar-refractivity contribution in [2.24, 2.45) is 4.99 Å². The minimum atomic E-state index is -0.352. The molecule has 1 atom stereocenters. The molecule has 114 valence electrons. The van der Waals surface area contributed by atoms with E-state index >= 15 is 0 Å². The molecular formula is C15H21N3O2S. The summed E-state index contributed by atoms with van der Waals surface area (Å²) in [5.41, 5.74) is 4.42. The number of aliphatic hydroxyl groups excluding tert-OH is 1. The van der Waals surface area contributed by atoms with E-state index in [4.69, 9.17) is 4.74 Å². The fourth-order valence-corrected chi connectivity index (χ4v) is 3.24. The van der Waals surface area contributed by atoms with Crippen LogP contribution < -0.4 is 5.43 Å². The van der Waals surface area contributed by atoms with Crippen molar-refractivity contribution in [1.29, 1.82) is 0 Å². The molecule has 0 spiro atoms. The first-order valence-corrected chi connectivity index (χ1v) is 8.23. The molecule has 0 aromatic carbocycles. The van der Waals surface area contributed by atoms with Crippen molar-refractivity contribution in [2.75, 3.05) is 5.43 Å². The van der Waals surface area contributed by atoms with Gasteiger partial charge in [0.1, 0.15) is 0 Å². The number of thiophene rings is 1. The first-order valence-electron chi connectivity index (χ1n) is 7.35. The van der Waals surface area contributed by atoms with E-state index in [1.54, 1.807) is 17.6 Å². The third-order valence-corrected chi connectivity index (χ3v) is 4.70. The lowest BCUT2D eigenvalue weighted by atomic mass is 9.95. The van der Waals surface area contributed by atoms with Crippen LogP contribution in [-0.2, 0) is 4.74 Å². The van der Waals surface area contributed by atoms with Crippen LogP contribution >= 0.6 is 11.3 Å². The van der Waals surface area contributed by atoms with Gasteiger partial charge in [-0.05, 0) is 50.1 Å². The van der Waals surface area contributed by atoms with Crippen molar-refractivity contribution < 1.29 is 9.84 Å². The number of aliphatic hydroxyl groups is 1. The zero-order valence-electron chi connectivity index (χ0n) is 12.1. The van der Waals surface area contributed by atoms with Crippen LogP contribution in [-0.4, -0.2) is 34.9 Å². The van der Waals surface area contributed by atoms with Gasteiger partial charge in [-0.25, -0.2) is 10.0 Å². The third kappa shape index (κ3) is 3.64. The Morgan fingerprint density at radius 3 is 2.90 bits per heavy atom. The highest BCUT2D eigenvalue weighted by atomic mass is 32.1. The maximum Gasteiger partial charge on any atom is 0.245 e. The molecule has 0 saturated heterocycles. The summed E-state index contributed by atoms with van der Waals surface area (Å²) in [5, 5.41) is 13.5. The van der Waals surface area contributed by atoms with Crippen LogP contribution in [0.2, 0.25) is 0 Å². The number of anilines is 1. The number of hydrogen-bond donors (Lipinski definition) is 2. The average Bonchev–Trinajstić information content (AvgIpc) is 2.89. The van der Waals surface area contributed by atoms with Crippen molar-refractivity contribution in [1.82, 2.24) is 5.01 Å². The van der Waals surface area contributed by atoms with Crippen LogP contribution in [0.25, 0.3) is 0 Å². The van der Waals surface area contributed by atoms with E-state index in [0.717, 1.165) is 31.4 Å².